The summed E-state index contributed by atoms with van der Waals surface area (Å²) in [5, 5.41) is 10.7. The molecule has 1 aromatic rings. The predicted octanol–water partition coefficient (Wildman–Crippen LogP) is 1.34. The number of nitro benzene ring substituents is 1. The third-order valence-electron chi connectivity index (χ3n) is 2.57. The normalized spacial score (nSPS) is 11.9. The second-order valence-electron chi connectivity index (χ2n) is 3.93. The van der Waals surface area contributed by atoms with E-state index < -0.39 is 16.9 Å². The summed E-state index contributed by atoms with van der Waals surface area (Å²) in [6.45, 7) is 3.78. The van der Waals surface area contributed by atoms with Crippen LogP contribution in [0.3, 0.4) is 0 Å². The molecule has 0 saturated heterocycles. The van der Waals surface area contributed by atoms with Crippen LogP contribution in [0.4, 0.5) is 5.69 Å². The minimum Gasteiger partial charge on any atom is -0.465 e. The van der Waals surface area contributed by atoms with Crippen LogP contribution in [0.25, 0.3) is 0 Å². The van der Waals surface area contributed by atoms with Crippen molar-refractivity contribution in [3.05, 3.63) is 39.4 Å². The van der Waals surface area contributed by atoms with Crippen molar-refractivity contribution in [1.82, 2.24) is 0 Å². The van der Waals surface area contributed by atoms with Crippen molar-refractivity contribution in [3.63, 3.8) is 0 Å². The second kappa shape index (κ2) is 6.11. The fraction of sp³-hybridized carbons (Fsp3) is 0.417. The molecule has 0 spiro atoms. The van der Waals surface area contributed by atoms with Crippen molar-refractivity contribution < 1.29 is 14.5 Å². The first-order valence-electron chi connectivity index (χ1n) is 5.61. The maximum atomic E-state index is 11.4. The van der Waals surface area contributed by atoms with E-state index in [9.17, 15) is 14.9 Å². The molecule has 0 amide bonds. The fourth-order valence-electron chi connectivity index (χ4n) is 1.56. The Balaban J connectivity index is 2.86. The van der Waals surface area contributed by atoms with Crippen molar-refractivity contribution in [2.24, 2.45) is 5.73 Å². The molecule has 1 rings (SSSR count). The monoisotopic (exact) mass is 252 g/mol. The Bertz CT molecular complexity index is 459. The quantitative estimate of drug-likeness (QED) is 0.484. The number of aryl methyl sites for hydroxylation is 1. The third-order valence-corrected chi connectivity index (χ3v) is 2.57. The molecule has 6 nitrogen and oxygen atoms in total. The standard InChI is InChI=1S/C12H16N2O4/c1-3-18-12(15)11(13)7-9-6-10(14(16)17)5-4-8(9)2/h4-6,11H,3,7,13H2,1-2H3. The van der Waals surface area contributed by atoms with Gasteiger partial charge in [-0.25, -0.2) is 0 Å². The summed E-state index contributed by atoms with van der Waals surface area (Å²) in [7, 11) is 0. The highest BCUT2D eigenvalue weighted by molar-refractivity contribution is 5.76. The van der Waals surface area contributed by atoms with Gasteiger partial charge in [0.05, 0.1) is 11.5 Å². The van der Waals surface area contributed by atoms with Gasteiger partial charge in [-0.3, -0.25) is 14.9 Å². The molecule has 0 aliphatic rings. The first kappa shape index (κ1) is 14.1. The maximum absolute atomic E-state index is 11.4. The van der Waals surface area contributed by atoms with Crippen LogP contribution in [-0.2, 0) is 16.0 Å². The molecule has 0 aliphatic carbocycles. The largest absolute Gasteiger partial charge is 0.465 e. The summed E-state index contributed by atoms with van der Waals surface area (Å²) >= 11 is 0. The minimum atomic E-state index is -0.800. The lowest BCUT2D eigenvalue weighted by molar-refractivity contribution is -0.384. The first-order chi connectivity index (χ1) is 8.45. The molecular weight excluding hydrogens is 236 g/mol. The highest BCUT2D eigenvalue weighted by atomic mass is 16.6. The number of carbonyl (C=O) groups excluding carboxylic acids is 1. The number of hydrogen-bond donors (Lipinski definition) is 1. The maximum Gasteiger partial charge on any atom is 0.323 e. The highest BCUT2D eigenvalue weighted by Gasteiger charge is 2.18. The number of non-ortho nitro benzene ring substituents is 1. The molecule has 18 heavy (non-hydrogen) atoms. The van der Waals surface area contributed by atoms with Crippen LogP contribution in [0.15, 0.2) is 18.2 Å². The molecule has 0 radical (unpaired) electrons. The van der Waals surface area contributed by atoms with E-state index in [4.69, 9.17) is 10.5 Å². The van der Waals surface area contributed by atoms with Crippen LogP contribution in [0, 0.1) is 17.0 Å². The molecule has 0 bridgehead atoms. The van der Waals surface area contributed by atoms with Crippen LogP contribution in [0.2, 0.25) is 0 Å². The molecule has 0 aliphatic heterocycles. The molecule has 2 N–H and O–H groups in total. The molecular formula is C12H16N2O4. The lowest BCUT2D eigenvalue weighted by Gasteiger charge is -2.12. The SMILES string of the molecule is CCOC(=O)C(N)Cc1cc([N+](=O)[O-])ccc1C. The number of ether oxygens (including phenoxy) is 1. The summed E-state index contributed by atoms with van der Waals surface area (Å²) in [5.41, 5.74) is 7.22. The molecule has 1 atom stereocenters. The molecule has 0 heterocycles. The Morgan fingerprint density at radius 1 is 1.56 bits per heavy atom. The smallest absolute Gasteiger partial charge is 0.323 e. The molecule has 0 aromatic heterocycles. The number of esters is 1. The zero-order valence-corrected chi connectivity index (χ0v) is 10.4. The molecule has 0 fully saturated rings. The summed E-state index contributed by atoms with van der Waals surface area (Å²) in [6.07, 6.45) is 0.229. The number of hydrogen-bond acceptors (Lipinski definition) is 5. The van der Waals surface area contributed by atoms with Crippen molar-refractivity contribution in [2.75, 3.05) is 6.61 Å². The number of nitrogens with two attached hydrogens (primary N) is 1. The zero-order chi connectivity index (χ0) is 13.7. The summed E-state index contributed by atoms with van der Waals surface area (Å²) in [5.74, 6) is -0.497. The van der Waals surface area contributed by atoms with Crippen molar-refractivity contribution in [3.8, 4) is 0 Å². The van der Waals surface area contributed by atoms with E-state index in [1.165, 1.54) is 12.1 Å². The van der Waals surface area contributed by atoms with Crippen LogP contribution in [0.1, 0.15) is 18.1 Å². The van der Waals surface area contributed by atoms with Gasteiger partial charge in [-0.15, -0.1) is 0 Å². The Kier molecular flexibility index (Phi) is 4.79. The molecule has 1 aromatic carbocycles. The van der Waals surface area contributed by atoms with Gasteiger partial charge >= 0.3 is 5.97 Å². The van der Waals surface area contributed by atoms with E-state index in [-0.39, 0.29) is 18.7 Å². The van der Waals surface area contributed by atoms with E-state index in [1.807, 2.05) is 6.92 Å². The Morgan fingerprint density at radius 2 is 2.22 bits per heavy atom. The summed E-state index contributed by atoms with van der Waals surface area (Å²) < 4.78 is 4.80. The Labute approximate surface area is 105 Å². The van der Waals surface area contributed by atoms with E-state index >= 15 is 0 Å². The lowest BCUT2D eigenvalue weighted by Crippen LogP contribution is -2.34. The lowest BCUT2D eigenvalue weighted by atomic mass is 10.0. The topological polar surface area (TPSA) is 95.5 Å². The van der Waals surface area contributed by atoms with Crippen molar-refractivity contribution in [1.29, 1.82) is 0 Å². The summed E-state index contributed by atoms with van der Waals surface area (Å²) in [4.78, 5) is 21.6. The van der Waals surface area contributed by atoms with E-state index in [0.29, 0.717) is 5.56 Å². The number of nitro groups is 1. The fourth-order valence-corrected chi connectivity index (χ4v) is 1.56. The van der Waals surface area contributed by atoms with Gasteiger partial charge in [0.25, 0.3) is 5.69 Å². The number of nitrogens with zero attached hydrogens (tertiary/aromatic N) is 1. The van der Waals surface area contributed by atoms with Gasteiger partial charge in [0, 0.05) is 12.1 Å². The van der Waals surface area contributed by atoms with Crippen molar-refractivity contribution in [2.45, 2.75) is 26.3 Å². The Hall–Kier alpha value is -1.95. The van der Waals surface area contributed by atoms with E-state index in [1.54, 1.807) is 13.0 Å². The second-order valence-corrected chi connectivity index (χ2v) is 3.93. The van der Waals surface area contributed by atoms with Gasteiger partial charge in [0.1, 0.15) is 6.04 Å². The van der Waals surface area contributed by atoms with Gasteiger partial charge in [0.2, 0.25) is 0 Å². The average molecular weight is 252 g/mol. The van der Waals surface area contributed by atoms with Gasteiger partial charge in [-0.2, -0.15) is 0 Å². The zero-order valence-electron chi connectivity index (χ0n) is 10.4. The van der Waals surface area contributed by atoms with E-state index in [2.05, 4.69) is 0 Å². The van der Waals surface area contributed by atoms with Crippen LogP contribution < -0.4 is 5.73 Å². The van der Waals surface area contributed by atoms with Crippen LogP contribution in [0.5, 0.6) is 0 Å². The first-order valence-corrected chi connectivity index (χ1v) is 5.61. The third kappa shape index (κ3) is 3.53. The number of carbonyl (C=O) groups is 1. The summed E-state index contributed by atoms with van der Waals surface area (Å²) in [6, 6.07) is 3.71. The van der Waals surface area contributed by atoms with Crippen molar-refractivity contribution >= 4 is 11.7 Å². The average Bonchev–Trinajstić information content (AvgIpc) is 2.31. The van der Waals surface area contributed by atoms with Crippen LogP contribution >= 0.6 is 0 Å². The minimum absolute atomic E-state index is 0.00772. The van der Waals surface area contributed by atoms with Gasteiger partial charge in [-0.1, -0.05) is 6.07 Å². The van der Waals surface area contributed by atoms with Gasteiger partial charge in [0.15, 0.2) is 0 Å². The number of rotatable bonds is 5. The highest BCUT2D eigenvalue weighted by Crippen LogP contribution is 2.18. The van der Waals surface area contributed by atoms with Crippen LogP contribution in [-0.4, -0.2) is 23.5 Å². The number of benzene rings is 1. The van der Waals surface area contributed by atoms with Gasteiger partial charge in [-0.05, 0) is 31.4 Å². The van der Waals surface area contributed by atoms with E-state index in [0.717, 1.165) is 5.56 Å². The predicted molar refractivity (Wildman–Crippen MR) is 66.1 cm³/mol. The Morgan fingerprint density at radius 3 is 2.78 bits per heavy atom. The molecule has 0 saturated carbocycles. The molecule has 98 valence electrons. The molecule has 6 heteroatoms. The van der Waals surface area contributed by atoms with Gasteiger partial charge < -0.3 is 10.5 Å². The molecule has 1 unspecified atom stereocenters.